The first kappa shape index (κ1) is 18.4. The van der Waals surface area contributed by atoms with Gasteiger partial charge in [-0.05, 0) is 43.2 Å². The van der Waals surface area contributed by atoms with Crippen LogP contribution in [-0.4, -0.2) is 31.1 Å². The second-order valence-corrected chi connectivity index (χ2v) is 7.09. The second-order valence-electron chi connectivity index (χ2n) is 5.96. The molecule has 0 bridgehead atoms. The van der Waals surface area contributed by atoms with Gasteiger partial charge >= 0.3 is 12.0 Å². The average molecular weight is 352 g/mol. The van der Waals surface area contributed by atoms with Crippen molar-refractivity contribution in [2.24, 2.45) is 5.92 Å². The highest BCUT2D eigenvalue weighted by atomic mass is 32.1. The molecule has 1 heterocycles. The van der Waals surface area contributed by atoms with E-state index in [9.17, 15) is 14.4 Å². The van der Waals surface area contributed by atoms with Crippen LogP contribution in [0.15, 0.2) is 6.07 Å². The number of aryl methyl sites for hydroxylation is 1. The topological polar surface area (TPSA) is 84.5 Å². The maximum absolute atomic E-state index is 12.1. The summed E-state index contributed by atoms with van der Waals surface area (Å²) in [5.41, 5.74) is 1.23. The molecule has 6 nitrogen and oxygen atoms in total. The molecule has 24 heavy (non-hydrogen) atoms. The molecule has 132 valence electrons. The Morgan fingerprint density at radius 1 is 1.33 bits per heavy atom. The fourth-order valence-corrected chi connectivity index (χ4v) is 3.80. The minimum atomic E-state index is -0.635. The number of esters is 1. The average Bonchev–Trinajstić information content (AvgIpc) is 3.00. The van der Waals surface area contributed by atoms with E-state index in [0.29, 0.717) is 17.3 Å². The van der Waals surface area contributed by atoms with E-state index in [-0.39, 0.29) is 0 Å². The monoisotopic (exact) mass is 352 g/mol. The van der Waals surface area contributed by atoms with Gasteiger partial charge in [-0.25, -0.2) is 9.59 Å². The summed E-state index contributed by atoms with van der Waals surface area (Å²) in [6.45, 7) is 4.12. The largest absolute Gasteiger partial charge is 0.451 e. The van der Waals surface area contributed by atoms with E-state index in [1.54, 1.807) is 0 Å². The fourth-order valence-electron chi connectivity index (χ4n) is 2.70. The Balaban J connectivity index is 1.82. The first-order valence-corrected chi connectivity index (χ1v) is 9.21. The van der Waals surface area contributed by atoms with E-state index in [1.165, 1.54) is 21.8 Å². The molecule has 2 rings (SSSR count). The van der Waals surface area contributed by atoms with Crippen LogP contribution in [0.3, 0.4) is 0 Å². The predicted octanol–water partition coefficient (Wildman–Crippen LogP) is 2.66. The number of hydrogen-bond donors (Lipinski definition) is 2. The molecule has 0 aromatic carbocycles. The first-order chi connectivity index (χ1) is 11.5. The van der Waals surface area contributed by atoms with Crippen LogP contribution < -0.4 is 10.6 Å². The van der Waals surface area contributed by atoms with Gasteiger partial charge in [-0.3, -0.25) is 10.1 Å². The molecule has 1 aromatic rings. The lowest BCUT2D eigenvalue weighted by Gasteiger charge is -2.19. The minimum absolute atomic E-state index is 0.460. The Morgan fingerprint density at radius 2 is 2.12 bits per heavy atom. The number of fused-ring (bicyclic) bond motifs is 1. The minimum Gasteiger partial charge on any atom is -0.451 e. The van der Waals surface area contributed by atoms with Crippen molar-refractivity contribution in [3.63, 3.8) is 0 Å². The first-order valence-electron chi connectivity index (χ1n) is 8.39. The summed E-state index contributed by atoms with van der Waals surface area (Å²) in [6.07, 6.45) is 5.10. The summed E-state index contributed by atoms with van der Waals surface area (Å²) in [5, 5.41) is 4.64. The molecule has 0 saturated heterocycles. The van der Waals surface area contributed by atoms with Crippen molar-refractivity contribution in [2.45, 2.75) is 46.0 Å². The molecule has 1 aliphatic carbocycles. The molecule has 1 unspecified atom stereocenters. The summed E-state index contributed by atoms with van der Waals surface area (Å²) in [6, 6.07) is 1.31. The normalized spacial score (nSPS) is 16.2. The van der Waals surface area contributed by atoms with Gasteiger partial charge in [0.25, 0.3) is 5.91 Å². The molecule has 1 atom stereocenters. The summed E-state index contributed by atoms with van der Waals surface area (Å²) < 4.78 is 5.01. The van der Waals surface area contributed by atoms with Gasteiger partial charge in [-0.1, -0.05) is 20.3 Å². The van der Waals surface area contributed by atoms with Crippen molar-refractivity contribution >= 4 is 29.2 Å². The Labute approximate surface area is 146 Å². The zero-order valence-electron chi connectivity index (χ0n) is 14.1. The number of ether oxygens (including phenoxy) is 1. The van der Waals surface area contributed by atoms with Gasteiger partial charge in [-0.2, -0.15) is 0 Å². The highest BCUT2D eigenvalue weighted by molar-refractivity contribution is 7.14. The number of hydrogen-bond acceptors (Lipinski definition) is 5. The van der Waals surface area contributed by atoms with Crippen molar-refractivity contribution in [1.82, 2.24) is 10.6 Å². The van der Waals surface area contributed by atoms with Gasteiger partial charge in [0.15, 0.2) is 6.61 Å². The van der Waals surface area contributed by atoms with Gasteiger partial charge in [0.1, 0.15) is 4.88 Å². The molecule has 3 amide bonds. The molecular formula is C17H24N2O4S. The van der Waals surface area contributed by atoms with Crippen LogP contribution in [0, 0.1) is 5.92 Å². The highest BCUT2D eigenvalue weighted by Crippen LogP contribution is 2.33. The summed E-state index contributed by atoms with van der Waals surface area (Å²) in [5.74, 6) is -0.459. The quantitative estimate of drug-likeness (QED) is 0.771. The fraction of sp³-hybridized carbons (Fsp3) is 0.588. The lowest BCUT2D eigenvalue weighted by Crippen LogP contribution is -2.41. The maximum atomic E-state index is 12.1. The smallest absolute Gasteiger partial charge is 0.348 e. The van der Waals surface area contributed by atoms with Crippen LogP contribution in [0.1, 0.15) is 53.2 Å². The zero-order valence-corrected chi connectivity index (χ0v) is 15.0. The zero-order chi connectivity index (χ0) is 17.5. The number of imide groups is 1. The highest BCUT2D eigenvalue weighted by Gasteiger charge is 2.23. The Bertz CT molecular complexity index is 612. The number of urea groups is 1. The third-order valence-corrected chi connectivity index (χ3v) is 5.30. The van der Waals surface area contributed by atoms with E-state index >= 15 is 0 Å². The number of nitrogens with one attached hydrogen (secondary N) is 2. The third-order valence-electron chi connectivity index (χ3n) is 4.09. The van der Waals surface area contributed by atoms with Crippen LogP contribution in [0.5, 0.6) is 0 Å². The Morgan fingerprint density at radius 3 is 2.83 bits per heavy atom. The third kappa shape index (κ3) is 5.06. The molecule has 0 saturated carbocycles. The molecular weight excluding hydrogens is 328 g/mol. The molecule has 0 fully saturated rings. The summed E-state index contributed by atoms with van der Waals surface area (Å²) >= 11 is 1.45. The molecule has 0 aliphatic heterocycles. The van der Waals surface area contributed by atoms with Crippen LogP contribution in [0.25, 0.3) is 0 Å². The van der Waals surface area contributed by atoms with Crippen LogP contribution in [0.4, 0.5) is 4.79 Å². The lowest BCUT2D eigenvalue weighted by molar-refractivity contribution is -0.123. The molecule has 0 spiro atoms. The number of rotatable bonds is 6. The molecule has 1 aromatic heterocycles. The van der Waals surface area contributed by atoms with Crippen molar-refractivity contribution in [1.29, 1.82) is 0 Å². The maximum Gasteiger partial charge on any atom is 0.348 e. The lowest BCUT2D eigenvalue weighted by atomic mass is 9.87. The van der Waals surface area contributed by atoms with Crippen molar-refractivity contribution in [3.8, 4) is 0 Å². The standard InChI is InChI=1S/C17H24N2O4S/c1-3-7-18-17(22)19-15(20)10-23-16(21)14-9-12-8-11(4-2)5-6-13(12)24-14/h9,11H,3-8,10H2,1-2H3,(H2,18,19,20,22). The second kappa shape index (κ2) is 8.82. The van der Waals surface area contributed by atoms with E-state index in [2.05, 4.69) is 17.6 Å². The van der Waals surface area contributed by atoms with Gasteiger partial charge in [0.2, 0.25) is 0 Å². The number of thiophene rings is 1. The Kier molecular flexibility index (Phi) is 6.78. The number of carbonyl (C=O) groups excluding carboxylic acids is 3. The molecule has 1 aliphatic rings. The van der Waals surface area contributed by atoms with Gasteiger partial charge in [0.05, 0.1) is 0 Å². The molecule has 7 heteroatoms. The number of carbonyl (C=O) groups is 3. The number of amides is 3. The van der Waals surface area contributed by atoms with E-state index in [4.69, 9.17) is 4.74 Å². The van der Waals surface area contributed by atoms with Gasteiger partial charge < -0.3 is 10.1 Å². The van der Waals surface area contributed by atoms with Crippen LogP contribution in [-0.2, 0) is 22.4 Å². The van der Waals surface area contributed by atoms with Crippen LogP contribution in [0.2, 0.25) is 0 Å². The van der Waals surface area contributed by atoms with Crippen molar-refractivity contribution in [3.05, 3.63) is 21.4 Å². The molecule has 0 radical (unpaired) electrons. The summed E-state index contributed by atoms with van der Waals surface area (Å²) in [4.78, 5) is 36.8. The van der Waals surface area contributed by atoms with Crippen LogP contribution >= 0.6 is 11.3 Å². The van der Waals surface area contributed by atoms with Gasteiger partial charge in [-0.15, -0.1) is 11.3 Å². The van der Waals surface area contributed by atoms with Gasteiger partial charge in [0, 0.05) is 11.4 Å². The predicted molar refractivity (Wildman–Crippen MR) is 92.2 cm³/mol. The summed E-state index contributed by atoms with van der Waals surface area (Å²) in [7, 11) is 0. The molecule has 2 N–H and O–H groups in total. The van der Waals surface area contributed by atoms with E-state index in [0.717, 1.165) is 32.1 Å². The van der Waals surface area contributed by atoms with E-state index < -0.39 is 24.5 Å². The Hall–Kier alpha value is -1.89. The SMILES string of the molecule is CCCNC(=O)NC(=O)COC(=O)c1cc2c(s1)CCC(CC)C2. The van der Waals surface area contributed by atoms with Crippen molar-refractivity contribution in [2.75, 3.05) is 13.2 Å². The van der Waals surface area contributed by atoms with Crippen molar-refractivity contribution < 1.29 is 19.1 Å². The van der Waals surface area contributed by atoms with E-state index in [1.807, 2.05) is 13.0 Å².